The molecule has 10 fully saturated rings. The zero-order valence-electron chi connectivity index (χ0n) is 62.9. The third-order valence-corrected chi connectivity index (χ3v) is 21.7. The van der Waals surface area contributed by atoms with Crippen molar-refractivity contribution in [2.75, 3.05) is 26.4 Å². The summed E-state index contributed by atoms with van der Waals surface area (Å²) in [6, 6.07) is -3.68. The van der Waals surface area contributed by atoms with Gasteiger partial charge in [0, 0.05) is 20.8 Å². The molecule has 0 aromatic heterocycles. The number of esters is 1. The van der Waals surface area contributed by atoms with Gasteiger partial charge >= 0.3 is 5.97 Å². The highest BCUT2D eigenvalue weighted by Gasteiger charge is 2.62. The molecule has 0 bridgehead atoms. The summed E-state index contributed by atoms with van der Waals surface area (Å²) in [4.78, 5) is 39.3. The van der Waals surface area contributed by atoms with Gasteiger partial charge in [-0.2, -0.15) is 0 Å². The number of carbonyl (C=O) groups is 3. The van der Waals surface area contributed by atoms with Crippen molar-refractivity contribution in [3.8, 4) is 0 Å². The SMILES string of the molecule is CC(=O)N[C@@H]1[C@@H](O[C@@H]2O[C@@H](C)[C@H](O[C@H]3O[C@H](CO)[C@@H](O)[C@H](O)[C@H]3O)[C@@H](O[C@@H]3O[C@@H](C)[C@H](O)[C@@H](O)[C@H]3O[C@@H]3O[C@@H](C)[C@H](O)[C@@H](OC(C)=O)[C@H]3O[C@@H]3O[C@H](CO)[C@@H](O)[C@H](O[C@@H]4O[C@@H](C)[C@H](O[C@H]5O[C@H](CO)[C@@H](O)[C@H](O)[C@H]5O)[C@@H](O[C@@H]5O[C@@H](C)[C@H](O)[C@@H](O)[C@H]5O[C@@H]5O[C@@H](C)[C@H](O)[C@@H](O)[C@H]5O)[C@H]4O)[C@H]3NC(C)=O)[C@H]2O)[C@H](O)[C@@H](CO)O[C@H]1O. The van der Waals surface area contributed by atoms with E-state index in [1.165, 1.54) is 41.5 Å². The number of amides is 2. The molecule has 10 heterocycles. The number of carbonyl (C=O) groups excluding carboxylic acids is 3. The normalized spacial score (nSPS) is 52.4. The fraction of sp³-hybridized carbons (Fsp3) is 0.955. The van der Waals surface area contributed by atoms with Crippen molar-refractivity contribution in [3.63, 3.8) is 0 Å². The van der Waals surface area contributed by atoms with Crippen LogP contribution in [0.5, 0.6) is 0 Å². The van der Waals surface area contributed by atoms with Crippen LogP contribution in [0.2, 0.25) is 0 Å². The van der Waals surface area contributed by atoms with E-state index in [-0.39, 0.29) is 0 Å². The van der Waals surface area contributed by atoms with Gasteiger partial charge in [0.2, 0.25) is 11.8 Å². The van der Waals surface area contributed by atoms with Crippen LogP contribution in [-0.2, 0) is 109 Å². The van der Waals surface area contributed by atoms with Crippen molar-refractivity contribution >= 4 is 17.8 Å². The van der Waals surface area contributed by atoms with Crippen molar-refractivity contribution in [1.29, 1.82) is 0 Å². The Morgan fingerprint density at radius 2 is 0.526 bits per heavy atom. The summed E-state index contributed by atoms with van der Waals surface area (Å²) in [5.74, 6) is -2.91. The molecule has 0 unspecified atom stereocenters. The molecule has 48 nitrogen and oxygen atoms in total. The second kappa shape index (κ2) is 39.3. The summed E-state index contributed by atoms with van der Waals surface area (Å²) < 4.78 is 122. The van der Waals surface area contributed by atoms with Crippen LogP contribution in [-0.4, -0.2) is 469 Å². The summed E-state index contributed by atoms with van der Waals surface area (Å²) in [5.41, 5.74) is 0. The largest absolute Gasteiger partial charge is 0.457 e. The summed E-state index contributed by atoms with van der Waals surface area (Å²) in [5, 5.41) is 263. The van der Waals surface area contributed by atoms with Gasteiger partial charge in [-0.15, -0.1) is 0 Å². The molecule has 0 spiro atoms. The molecule has 10 saturated heterocycles. The van der Waals surface area contributed by atoms with Crippen LogP contribution < -0.4 is 10.6 Å². The Kier molecular flexibility index (Phi) is 32.0. The lowest BCUT2D eigenvalue weighted by atomic mass is 9.94. The number of nitrogens with one attached hydrogen (secondary N) is 2. The van der Waals surface area contributed by atoms with E-state index in [9.17, 15) is 132 Å². The van der Waals surface area contributed by atoms with Gasteiger partial charge in [-0.05, 0) is 41.5 Å². The lowest BCUT2D eigenvalue weighted by Crippen LogP contribution is -2.71. The monoisotopic (exact) mass is 1670 g/mol. The first kappa shape index (κ1) is 93.0. The highest BCUT2D eigenvalue weighted by molar-refractivity contribution is 5.73. The van der Waals surface area contributed by atoms with E-state index in [2.05, 4.69) is 10.6 Å². The molecule has 48 heteroatoms. The molecule has 2 amide bonds. The smallest absolute Gasteiger partial charge is 0.303 e. The van der Waals surface area contributed by atoms with Crippen LogP contribution in [0.25, 0.3) is 0 Å². The number of ether oxygens (including phenoxy) is 20. The van der Waals surface area contributed by atoms with Crippen molar-refractivity contribution in [2.24, 2.45) is 0 Å². The molecule has 50 atom stereocenters. The van der Waals surface area contributed by atoms with E-state index < -0.39 is 351 Å². The first-order chi connectivity index (χ1) is 53.7. The van der Waals surface area contributed by atoms with Gasteiger partial charge in [-0.3, -0.25) is 14.4 Å². The lowest BCUT2D eigenvalue weighted by Gasteiger charge is -2.52. The van der Waals surface area contributed by atoms with Crippen LogP contribution >= 0.6 is 0 Å². The molecule has 10 aliphatic rings. The Bertz CT molecular complexity index is 3060. The van der Waals surface area contributed by atoms with E-state index in [0.29, 0.717) is 0 Å². The Balaban J connectivity index is 0.989. The molecule has 0 aliphatic carbocycles. The van der Waals surface area contributed by atoms with Crippen LogP contribution in [0.1, 0.15) is 62.3 Å². The average Bonchev–Trinajstić information content (AvgIpc) is 0.769. The van der Waals surface area contributed by atoms with Gasteiger partial charge < -0.3 is 223 Å². The van der Waals surface area contributed by atoms with E-state index in [1.807, 2.05) is 0 Å². The first-order valence-electron chi connectivity index (χ1n) is 37.2. The predicted molar refractivity (Wildman–Crippen MR) is 354 cm³/mol. The number of rotatable bonds is 25. The molecule has 0 aromatic carbocycles. The maximum atomic E-state index is 13.6. The Morgan fingerprint density at radius 1 is 0.246 bits per heavy atom. The Labute approximate surface area is 649 Å². The summed E-state index contributed by atoms with van der Waals surface area (Å²) in [6.45, 7) is 6.39. The first-order valence-corrected chi connectivity index (χ1v) is 37.2. The summed E-state index contributed by atoms with van der Waals surface area (Å²) in [7, 11) is 0. The Morgan fingerprint density at radius 3 is 0.939 bits per heavy atom. The number of hydrogen-bond donors (Lipinski definition) is 25. The van der Waals surface area contributed by atoms with E-state index >= 15 is 0 Å². The fourth-order valence-electron chi connectivity index (χ4n) is 15.2. The predicted octanol–water partition coefficient (Wildman–Crippen LogP) is -15.8. The van der Waals surface area contributed by atoms with Crippen LogP contribution in [0.15, 0.2) is 0 Å². The summed E-state index contributed by atoms with van der Waals surface area (Å²) in [6.07, 6.45) is -93.7. The van der Waals surface area contributed by atoms with Crippen molar-refractivity contribution < 1.29 is 227 Å². The van der Waals surface area contributed by atoms with Crippen molar-refractivity contribution in [3.05, 3.63) is 0 Å². The maximum absolute atomic E-state index is 13.6. The molecule has 114 heavy (non-hydrogen) atoms. The third kappa shape index (κ3) is 19.8. The van der Waals surface area contributed by atoms with Crippen LogP contribution in [0, 0.1) is 0 Å². The van der Waals surface area contributed by atoms with Gasteiger partial charge in [-0.1, -0.05) is 0 Å². The van der Waals surface area contributed by atoms with Crippen molar-refractivity contribution in [2.45, 2.75) is 369 Å². The third-order valence-electron chi connectivity index (χ3n) is 21.7. The molecule has 0 aromatic rings. The van der Waals surface area contributed by atoms with E-state index in [1.54, 1.807) is 0 Å². The highest BCUT2D eigenvalue weighted by Crippen LogP contribution is 2.42. The zero-order valence-corrected chi connectivity index (χ0v) is 62.9. The highest BCUT2D eigenvalue weighted by atomic mass is 16.8. The number of aliphatic hydroxyl groups excluding tert-OH is 23. The Hall–Kier alpha value is -3.27. The second-order valence-corrected chi connectivity index (χ2v) is 29.9. The minimum absolute atomic E-state index is 0.797. The van der Waals surface area contributed by atoms with E-state index in [4.69, 9.17) is 94.7 Å². The van der Waals surface area contributed by atoms with Crippen LogP contribution in [0.4, 0.5) is 0 Å². The van der Waals surface area contributed by atoms with Gasteiger partial charge in [0.15, 0.2) is 75.1 Å². The number of aliphatic hydroxyl groups is 23. The quantitative estimate of drug-likeness (QED) is 0.0377. The molecule has 10 aliphatic heterocycles. The summed E-state index contributed by atoms with van der Waals surface area (Å²) >= 11 is 0. The van der Waals surface area contributed by atoms with Crippen molar-refractivity contribution in [1.82, 2.24) is 10.6 Å². The topological polar surface area (TPSA) is 725 Å². The lowest BCUT2D eigenvalue weighted by molar-refractivity contribution is -0.411. The number of hydrogen-bond acceptors (Lipinski definition) is 46. The standard InChI is InChI=1S/C66H110N2O46/c1-14-29(76)37(84)42(89)59(95-14)112-54-40(87)30(77)15(2)96-64(54)110-53-46(93)63(100-19(6)48(53)107-61-44(91)39(86)34(81)24(11-70)105-61)109-50-28(68-21(8)74)58(103-26(13-72)36(50)83)114-56-51(101-22(9)75)32(79)17(4)98-66(56)113-55-41(88)31(78)16(3)97-65(55)111-52-45(92)62(108-49-27(67-20(7)73)57(94)102-25(12-71)35(49)82)99-18(5)47(52)106-60-43(90)38(85)33(80)23(10-69)104-60/h14-19,23-66,69-72,76-94H,10-13H2,1-9H3,(H,67,73)(H,68,74)/t14-,15-,16-,17-,18-,19-,23+,24+,25+,26+,27+,28+,29-,30-,31-,32-,33+,34+,35+,36+,37+,38-,39-,40+,41+,42+,43+,44+,45+,46+,47-,48-,49+,50+,51+,52-,53-,54+,55+,56+,57+,58-,59-,60+,61+,62-,63-,64-,65-,66-/m0/s1. The molecular formula is C66H110N2O46. The van der Waals surface area contributed by atoms with E-state index in [0.717, 1.165) is 20.8 Å². The van der Waals surface area contributed by atoms with Crippen LogP contribution in [0.3, 0.4) is 0 Å². The second-order valence-electron chi connectivity index (χ2n) is 29.9. The van der Waals surface area contributed by atoms with Gasteiger partial charge in [-0.25, -0.2) is 0 Å². The molecule has 10 rings (SSSR count). The zero-order chi connectivity index (χ0) is 84.0. The molecule has 25 N–H and O–H groups in total. The average molecular weight is 1670 g/mol. The minimum atomic E-state index is -2.39. The van der Waals surface area contributed by atoms with Gasteiger partial charge in [0.25, 0.3) is 0 Å². The van der Waals surface area contributed by atoms with Gasteiger partial charge in [0.1, 0.15) is 195 Å². The molecular weight excluding hydrogens is 1560 g/mol. The minimum Gasteiger partial charge on any atom is -0.457 e. The maximum Gasteiger partial charge on any atom is 0.303 e. The molecule has 0 radical (unpaired) electrons. The van der Waals surface area contributed by atoms with Gasteiger partial charge in [0.05, 0.1) is 63.1 Å². The molecule has 660 valence electrons. The molecule has 0 saturated carbocycles. The fourth-order valence-corrected chi connectivity index (χ4v) is 15.2.